The Morgan fingerprint density at radius 3 is 2.04 bits per heavy atom. The molecule has 0 saturated carbocycles. The highest BCUT2D eigenvalue weighted by Crippen LogP contribution is 2.22. The minimum Gasteiger partial charge on any atom is -0.377 e. The molecule has 128 valence electrons. The molecule has 0 fully saturated rings. The molecule has 0 spiro atoms. The second-order valence-corrected chi connectivity index (χ2v) is 7.16. The minimum absolute atomic E-state index is 0.217. The fraction of sp³-hybridized carbons (Fsp3) is 0.500. The van der Waals surface area contributed by atoms with Crippen LogP contribution in [0.5, 0.6) is 0 Å². The van der Waals surface area contributed by atoms with Crippen molar-refractivity contribution >= 4 is 10.0 Å². The largest absolute Gasteiger partial charge is 0.377 e. The van der Waals surface area contributed by atoms with E-state index >= 15 is 0 Å². The van der Waals surface area contributed by atoms with Crippen LogP contribution in [-0.2, 0) is 24.2 Å². The van der Waals surface area contributed by atoms with Crippen LogP contribution in [0.4, 0.5) is 0 Å². The molecule has 6 nitrogen and oxygen atoms in total. The smallest absolute Gasteiger partial charge is 0.241 e. The standard InChI is InChI=1S/C16H23NO5S/c1-11-5-7-12(8-6-11)23(18,19)17-13-9-10-14(20-2)16(22-4)15(13)21-3/h5-10,13-17H,1-4H3/t13-,14-,15-,16+/m0/s1. The molecule has 1 N–H and O–H groups in total. The molecule has 0 amide bonds. The van der Waals surface area contributed by atoms with Crippen molar-refractivity contribution < 1.29 is 22.6 Å². The Labute approximate surface area is 137 Å². The van der Waals surface area contributed by atoms with Gasteiger partial charge in [0.2, 0.25) is 10.0 Å². The Morgan fingerprint density at radius 2 is 1.52 bits per heavy atom. The van der Waals surface area contributed by atoms with Crippen LogP contribution in [0.15, 0.2) is 41.3 Å². The first kappa shape index (κ1) is 18.1. The number of hydrogen-bond donors (Lipinski definition) is 1. The molecule has 2 rings (SSSR count). The van der Waals surface area contributed by atoms with E-state index in [1.807, 2.05) is 6.92 Å². The average Bonchev–Trinajstić information content (AvgIpc) is 2.54. The van der Waals surface area contributed by atoms with Crippen molar-refractivity contribution in [3.05, 3.63) is 42.0 Å². The second-order valence-electron chi connectivity index (χ2n) is 5.45. The second kappa shape index (κ2) is 7.55. The number of benzene rings is 1. The van der Waals surface area contributed by atoms with Crippen LogP contribution < -0.4 is 4.72 Å². The molecule has 4 atom stereocenters. The monoisotopic (exact) mass is 341 g/mol. The van der Waals surface area contributed by atoms with Gasteiger partial charge in [-0.25, -0.2) is 13.1 Å². The molecule has 23 heavy (non-hydrogen) atoms. The van der Waals surface area contributed by atoms with E-state index in [4.69, 9.17) is 14.2 Å². The van der Waals surface area contributed by atoms with Crippen LogP contribution in [0.2, 0.25) is 0 Å². The SMILES string of the molecule is CO[C@@H]1[C@H](OC)[C@@H](OC)C=C[C@@H]1NS(=O)(=O)c1ccc(C)cc1. The van der Waals surface area contributed by atoms with Crippen molar-refractivity contribution in [2.75, 3.05) is 21.3 Å². The topological polar surface area (TPSA) is 73.9 Å². The Bertz CT molecular complexity index is 641. The zero-order valence-corrected chi connectivity index (χ0v) is 14.5. The van der Waals surface area contributed by atoms with Crippen LogP contribution in [0.3, 0.4) is 0 Å². The Balaban J connectivity index is 2.25. The highest BCUT2D eigenvalue weighted by Gasteiger charge is 2.39. The van der Waals surface area contributed by atoms with Crippen LogP contribution in [0, 0.1) is 6.92 Å². The molecule has 1 aromatic carbocycles. The van der Waals surface area contributed by atoms with E-state index in [0.717, 1.165) is 5.56 Å². The normalized spacial score (nSPS) is 28.0. The maximum atomic E-state index is 12.5. The van der Waals surface area contributed by atoms with Crippen molar-refractivity contribution in [2.45, 2.75) is 36.2 Å². The van der Waals surface area contributed by atoms with Gasteiger partial charge in [-0.05, 0) is 19.1 Å². The number of sulfonamides is 1. The first-order valence-corrected chi connectivity index (χ1v) is 8.77. The van der Waals surface area contributed by atoms with Crippen LogP contribution in [0.1, 0.15) is 5.56 Å². The predicted octanol–water partition coefficient (Wildman–Crippen LogP) is 1.26. The lowest BCUT2D eigenvalue weighted by atomic mass is 9.94. The van der Waals surface area contributed by atoms with Crippen molar-refractivity contribution in [1.82, 2.24) is 4.72 Å². The van der Waals surface area contributed by atoms with Crippen molar-refractivity contribution in [3.8, 4) is 0 Å². The maximum absolute atomic E-state index is 12.5. The highest BCUT2D eigenvalue weighted by atomic mass is 32.2. The third-order valence-corrected chi connectivity index (χ3v) is 5.42. The summed E-state index contributed by atoms with van der Waals surface area (Å²) in [7, 11) is 0.993. The van der Waals surface area contributed by atoms with Gasteiger partial charge in [-0.15, -0.1) is 0 Å². The number of rotatable bonds is 6. The highest BCUT2D eigenvalue weighted by molar-refractivity contribution is 7.89. The van der Waals surface area contributed by atoms with Gasteiger partial charge in [-0.3, -0.25) is 0 Å². The Morgan fingerprint density at radius 1 is 0.913 bits per heavy atom. The predicted molar refractivity (Wildman–Crippen MR) is 86.8 cm³/mol. The van der Waals surface area contributed by atoms with E-state index in [0.29, 0.717) is 0 Å². The summed E-state index contributed by atoms with van der Waals surface area (Å²) in [5.74, 6) is 0. The van der Waals surface area contributed by atoms with Gasteiger partial charge >= 0.3 is 0 Å². The fourth-order valence-corrected chi connectivity index (χ4v) is 3.87. The molecule has 0 radical (unpaired) electrons. The molecular formula is C16H23NO5S. The summed E-state index contributed by atoms with van der Waals surface area (Å²) in [6.07, 6.45) is 2.34. The van der Waals surface area contributed by atoms with Crippen molar-refractivity contribution in [1.29, 1.82) is 0 Å². The summed E-state index contributed by atoms with van der Waals surface area (Å²) in [5, 5.41) is 0. The minimum atomic E-state index is -3.65. The van der Waals surface area contributed by atoms with Crippen LogP contribution >= 0.6 is 0 Å². The number of ether oxygens (including phenoxy) is 3. The number of aryl methyl sites for hydroxylation is 1. The van der Waals surface area contributed by atoms with E-state index in [2.05, 4.69) is 4.72 Å². The number of hydrogen-bond acceptors (Lipinski definition) is 5. The summed E-state index contributed by atoms with van der Waals surface area (Å²) < 4.78 is 44.0. The number of methoxy groups -OCH3 is 3. The lowest BCUT2D eigenvalue weighted by molar-refractivity contribution is -0.102. The van der Waals surface area contributed by atoms with Crippen molar-refractivity contribution in [3.63, 3.8) is 0 Å². The third kappa shape index (κ3) is 3.99. The first-order chi connectivity index (χ1) is 10.9. The molecule has 7 heteroatoms. The summed E-state index contributed by atoms with van der Waals surface area (Å²) in [5.41, 5.74) is 0.999. The quantitative estimate of drug-likeness (QED) is 0.789. The molecule has 1 aliphatic rings. The van der Waals surface area contributed by atoms with Gasteiger partial charge in [-0.1, -0.05) is 29.8 Å². The van der Waals surface area contributed by atoms with Crippen LogP contribution in [0.25, 0.3) is 0 Å². The van der Waals surface area contributed by atoms with E-state index in [1.165, 1.54) is 7.11 Å². The summed E-state index contributed by atoms with van der Waals surface area (Å²) in [6, 6.07) is 6.15. The van der Waals surface area contributed by atoms with Gasteiger partial charge in [0, 0.05) is 21.3 Å². The molecule has 0 saturated heterocycles. The fourth-order valence-electron chi connectivity index (χ4n) is 2.67. The lowest BCUT2D eigenvalue weighted by Gasteiger charge is -2.37. The zero-order chi connectivity index (χ0) is 17.0. The van der Waals surface area contributed by atoms with Gasteiger partial charge in [0.25, 0.3) is 0 Å². The van der Waals surface area contributed by atoms with Gasteiger partial charge < -0.3 is 14.2 Å². The maximum Gasteiger partial charge on any atom is 0.241 e. The molecule has 1 aliphatic carbocycles. The van der Waals surface area contributed by atoms with E-state index in [9.17, 15) is 8.42 Å². The molecule has 0 aliphatic heterocycles. The summed E-state index contributed by atoms with van der Waals surface area (Å²) >= 11 is 0. The van der Waals surface area contributed by atoms with E-state index in [1.54, 1.807) is 50.6 Å². The molecule has 1 aromatic rings. The summed E-state index contributed by atoms with van der Waals surface area (Å²) in [6.45, 7) is 1.91. The Hall–Kier alpha value is -1.25. The first-order valence-electron chi connectivity index (χ1n) is 7.28. The van der Waals surface area contributed by atoms with Crippen LogP contribution in [-0.4, -0.2) is 54.1 Å². The Kier molecular flexibility index (Phi) is 5.94. The molecule has 0 aromatic heterocycles. The number of nitrogens with one attached hydrogen (secondary N) is 1. The average molecular weight is 341 g/mol. The third-order valence-electron chi connectivity index (χ3n) is 3.95. The van der Waals surface area contributed by atoms with E-state index in [-0.39, 0.29) is 11.0 Å². The van der Waals surface area contributed by atoms with Crippen molar-refractivity contribution in [2.24, 2.45) is 0 Å². The molecule has 0 bridgehead atoms. The van der Waals surface area contributed by atoms with Gasteiger partial charge in [0.15, 0.2) is 0 Å². The summed E-state index contributed by atoms with van der Waals surface area (Å²) in [4.78, 5) is 0.217. The van der Waals surface area contributed by atoms with Gasteiger partial charge in [0.05, 0.1) is 10.9 Å². The van der Waals surface area contributed by atoms with E-state index < -0.39 is 28.3 Å². The zero-order valence-electron chi connectivity index (χ0n) is 13.7. The van der Waals surface area contributed by atoms with Gasteiger partial charge in [0.1, 0.15) is 18.3 Å². The molecular weight excluding hydrogens is 318 g/mol. The van der Waals surface area contributed by atoms with Gasteiger partial charge in [-0.2, -0.15) is 0 Å². The lowest BCUT2D eigenvalue weighted by Crippen LogP contribution is -2.55. The molecule has 0 heterocycles. The molecule has 0 unspecified atom stereocenters.